The molecule has 1 aliphatic rings. The van der Waals surface area contributed by atoms with Gasteiger partial charge in [0, 0.05) is 19.0 Å². The van der Waals surface area contributed by atoms with Crippen molar-refractivity contribution in [1.82, 2.24) is 10.2 Å². The second-order valence-electron chi connectivity index (χ2n) is 8.36. The van der Waals surface area contributed by atoms with Gasteiger partial charge in [0.15, 0.2) is 0 Å². The number of nitrogens with zero attached hydrogens (tertiary/aromatic N) is 1. The second-order valence-corrected chi connectivity index (χ2v) is 8.36. The van der Waals surface area contributed by atoms with Crippen LogP contribution in [0.15, 0.2) is 91.0 Å². The first-order valence-electron chi connectivity index (χ1n) is 11.4. The van der Waals surface area contributed by atoms with Crippen molar-refractivity contribution in [2.24, 2.45) is 0 Å². The number of nitrogens with one attached hydrogen (secondary N) is 1. The highest BCUT2D eigenvalue weighted by molar-refractivity contribution is 5.89. The van der Waals surface area contributed by atoms with E-state index in [0.29, 0.717) is 19.5 Å². The first-order chi connectivity index (χ1) is 15.7. The number of hydrogen-bond donors (Lipinski definition) is 1. The van der Waals surface area contributed by atoms with Gasteiger partial charge < -0.3 is 10.2 Å². The fourth-order valence-corrected chi connectivity index (χ4v) is 4.56. The van der Waals surface area contributed by atoms with Crippen LogP contribution < -0.4 is 5.32 Å². The van der Waals surface area contributed by atoms with Gasteiger partial charge in [0.1, 0.15) is 6.04 Å². The summed E-state index contributed by atoms with van der Waals surface area (Å²) in [4.78, 5) is 27.5. The molecule has 0 bridgehead atoms. The van der Waals surface area contributed by atoms with E-state index in [0.717, 1.165) is 24.8 Å². The van der Waals surface area contributed by atoms with E-state index in [2.05, 4.69) is 53.8 Å². The number of likely N-dealkylation sites (tertiary alicyclic amines) is 1. The van der Waals surface area contributed by atoms with Gasteiger partial charge in [-0.15, -0.1) is 0 Å². The molecule has 0 saturated carbocycles. The first-order valence-corrected chi connectivity index (χ1v) is 11.4. The Kier molecular flexibility index (Phi) is 7.34. The standard InChI is InChI=1S/C28H30N2O2/c31-27(21-22-11-4-1-5-12-22)30-20-10-17-26(30)28(32)29-19-18-25(23-13-6-2-7-14-23)24-15-8-3-9-16-24/h1-9,11-16,25-26H,10,17-21H2,(H,29,32). The first kappa shape index (κ1) is 21.8. The van der Waals surface area contributed by atoms with Crippen LogP contribution >= 0.6 is 0 Å². The minimum atomic E-state index is -0.363. The Hall–Kier alpha value is -3.40. The average Bonchev–Trinajstić information content (AvgIpc) is 3.34. The van der Waals surface area contributed by atoms with E-state index >= 15 is 0 Å². The predicted octanol–water partition coefficient (Wildman–Crippen LogP) is 4.56. The highest BCUT2D eigenvalue weighted by Crippen LogP contribution is 2.27. The molecule has 4 rings (SSSR count). The number of carbonyl (C=O) groups is 2. The fraction of sp³-hybridized carbons (Fsp3) is 0.286. The van der Waals surface area contributed by atoms with Gasteiger partial charge in [-0.2, -0.15) is 0 Å². The maximum atomic E-state index is 13.0. The van der Waals surface area contributed by atoms with Crippen molar-refractivity contribution in [3.8, 4) is 0 Å². The number of hydrogen-bond acceptors (Lipinski definition) is 2. The van der Waals surface area contributed by atoms with Gasteiger partial charge in [0.2, 0.25) is 11.8 Å². The van der Waals surface area contributed by atoms with Crippen LogP contribution in [0.5, 0.6) is 0 Å². The molecule has 1 atom stereocenters. The van der Waals surface area contributed by atoms with Crippen LogP contribution in [0.4, 0.5) is 0 Å². The summed E-state index contributed by atoms with van der Waals surface area (Å²) in [5.74, 6) is 0.209. The molecule has 0 aliphatic carbocycles. The van der Waals surface area contributed by atoms with Crippen molar-refractivity contribution in [3.05, 3.63) is 108 Å². The number of rotatable bonds is 8. The zero-order valence-corrected chi connectivity index (χ0v) is 18.3. The van der Waals surface area contributed by atoms with E-state index in [1.54, 1.807) is 4.90 Å². The van der Waals surface area contributed by atoms with Crippen molar-refractivity contribution < 1.29 is 9.59 Å². The van der Waals surface area contributed by atoms with Gasteiger partial charge >= 0.3 is 0 Å². The van der Waals surface area contributed by atoms with E-state index in [9.17, 15) is 9.59 Å². The van der Waals surface area contributed by atoms with E-state index in [1.807, 2.05) is 42.5 Å². The molecule has 3 aromatic rings. The van der Waals surface area contributed by atoms with Crippen molar-refractivity contribution in [2.75, 3.05) is 13.1 Å². The Morgan fingerprint density at radius 1 is 0.844 bits per heavy atom. The Labute approximate surface area is 190 Å². The van der Waals surface area contributed by atoms with Gasteiger partial charge in [0.05, 0.1) is 6.42 Å². The van der Waals surface area contributed by atoms with Crippen molar-refractivity contribution in [1.29, 1.82) is 0 Å². The smallest absolute Gasteiger partial charge is 0.242 e. The largest absolute Gasteiger partial charge is 0.354 e. The summed E-state index contributed by atoms with van der Waals surface area (Å²) in [6.07, 6.45) is 2.75. The molecule has 2 amide bonds. The second kappa shape index (κ2) is 10.8. The number of benzene rings is 3. The molecule has 1 N–H and O–H groups in total. The summed E-state index contributed by atoms with van der Waals surface area (Å²) >= 11 is 0. The summed E-state index contributed by atoms with van der Waals surface area (Å²) in [7, 11) is 0. The Morgan fingerprint density at radius 3 is 2.00 bits per heavy atom. The summed E-state index contributed by atoms with van der Waals surface area (Å²) in [5.41, 5.74) is 3.47. The molecule has 164 valence electrons. The van der Waals surface area contributed by atoms with Gasteiger partial charge in [-0.3, -0.25) is 9.59 Å². The SMILES string of the molecule is O=C(NCCC(c1ccccc1)c1ccccc1)C1CCCN1C(=O)Cc1ccccc1. The molecular formula is C28H30N2O2. The lowest BCUT2D eigenvalue weighted by molar-refractivity contribution is -0.137. The third kappa shape index (κ3) is 5.44. The summed E-state index contributed by atoms with van der Waals surface area (Å²) in [6.45, 7) is 1.23. The normalized spacial score (nSPS) is 15.7. The summed E-state index contributed by atoms with van der Waals surface area (Å²) in [6, 6.07) is 30.2. The topological polar surface area (TPSA) is 49.4 Å². The maximum Gasteiger partial charge on any atom is 0.242 e. The lowest BCUT2D eigenvalue weighted by atomic mass is 9.88. The van der Waals surface area contributed by atoms with Crippen molar-refractivity contribution >= 4 is 11.8 Å². The predicted molar refractivity (Wildman–Crippen MR) is 127 cm³/mol. The molecule has 4 heteroatoms. The highest BCUT2D eigenvalue weighted by Gasteiger charge is 2.33. The average molecular weight is 427 g/mol. The molecule has 3 aromatic carbocycles. The Morgan fingerprint density at radius 2 is 1.41 bits per heavy atom. The maximum absolute atomic E-state index is 13.0. The lowest BCUT2D eigenvalue weighted by Gasteiger charge is -2.25. The van der Waals surface area contributed by atoms with Crippen LogP contribution in [0.3, 0.4) is 0 Å². The van der Waals surface area contributed by atoms with Gasteiger partial charge in [-0.25, -0.2) is 0 Å². The van der Waals surface area contributed by atoms with E-state index in [1.165, 1.54) is 11.1 Å². The molecule has 4 nitrogen and oxygen atoms in total. The summed E-state index contributed by atoms with van der Waals surface area (Å²) in [5, 5.41) is 3.11. The minimum absolute atomic E-state index is 0.0281. The van der Waals surface area contributed by atoms with E-state index < -0.39 is 0 Å². The molecule has 32 heavy (non-hydrogen) atoms. The molecule has 1 aliphatic heterocycles. The van der Waals surface area contributed by atoms with E-state index in [-0.39, 0.29) is 23.8 Å². The van der Waals surface area contributed by atoms with Crippen LogP contribution in [0, 0.1) is 0 Å². The number of amides is 2. The Bertz CT molecular complexity index is 966. The molecule has 1 heterocycles. The van der Waals surface area contributed by atoms with Gasteiger partial charge in [-0.1, -0.05) is 91.0 Å². The molecule has 1 unspecified atom stereocenters. The molecule has 0 spiro atoms. The highest BCUT2D eigenvalue weighted by atomic mass is 16.2. The Balaban J connectivity index is 1.36. The molecule has 1 saturated heterocycles. The molecule has 1 fully saturated rings. The quantitative estimate of drug-likeness (QED) is 0.574. The molecule has 0 aromatic heterocycles. The minimum Gasteiger partial charge on any atom is -0.354 e. The number of carbonyl (C=O) groups excluding carboxylic acids is 2. The van der Waals surface area contributed by atoms with Crippen LogP contribution in [-0.4, -0.2) is 35.8 Å². The summed E-state index contributed by atoms with van der Waals surface area (Å²) < 4.78 is 0. The van der Waals surface area contributed by atoms with Crippen LogP contribution in [0.25, 0.3) is 0 Å². The van der Waals surface area contributed by atoms with Crippen LogP contribution in [0.2, 0.25) is 0 Å². The molecule has 0 radical (unpaired) electrons. The van der Waals surface area contributed by atoms with Crippen LogP contribution in [0.1, 0.15) is 41.9 Å². The van der Waals surface area contributed by atoms with E-state index in [4.69, 9.17) is 0 Å². The van der Waals surface area contributed by atoms with Crippen LogP contribution in [-0.2, 0) is 16.0 Å². The third-order valence-corrected chi connectivity index (χ3v) is 6.21. The zero-order valence-electron chi connectivity index (χ0n) is 18.3. The molecular weight excluding hydrogens is 396 g/mol. The van der Waals surface area contributed by atoms with Crippen molar-refractivity contribution in [3.63, 3.8) is 0 Å². The zero-order chi connectivity index (χ0) is 22.2. The lowest BCUT2D eigenvalue weighted by Crippen LogP contribution is -2.46. The monoisotopic (exact) mass is 426 g/mol. The third-order valence-electron chi connectivity index (χ3n) is 6.21. The van der Waals surface area contributed by atoms with Crippen molar-refractivity contribution in [2.45, 2.75) is 37.6 Å². The fourth-order valence-electron chi connectivity index (χ4n) is 4.56. The van der Waals surface area contributed by atoms with Gasteiger partial charge in [0.25, 0.3) is 0 Å². The van der Waals surface area contributed by atoms with Gasteiger partial charge in [-0.05, 0) is 36.0 Å².